The summed E-state index contributed by atoms with van der Waals surface area (Å²) in [5.74, 6) is -0.313. The highest BCUT2D eigenvalue weighted by Crippen LogP contribution is 2.28. The van der Waals surface area contributed by atoms with Gasteiger partial charge in [-0.05, 0) is 37.7 Å². The van der Waals surface area contributed by atoms with Gasteiger partial charge < -0.3 is 19.5 Å². The Morgan fingerprint density at radius 1 is 1.10 bits per heavy atom. The van der Waals surface area contributed by atoms with Crippen molar-refractivity contribution < 1.29 is 13.5 Å². The molecule has 1 fully saturated rings. The van der Waals surface area contributed by atoms with Crippen LogP contribution in [0, 0.1) is 11.6 Å². The molecule has 0 atom stereocenters. The highest BCUT2D eigenvalue weighted by molar-refractivity contribution is 6.31. The lowest BCUT2D eigenvalue weighted by Crippen LogP contribution is -2.44. The molecule has 0 radical (unpaired) electrons. The highest BCUT2D eigenvalue weighted by atomic mass is 35.5. The molecule has 3 aromatic rings. The lowest BCUT2D eigenvalue weighted by Gasteiger charge is -2.32. The van der Waals surface area contributed by atoms with E-state index in [9.17, 15) is 8.78 Å². The number of rotatable bonds is 6. The maximum absolute atomic E-state index is 14.5. The van der Waals surface area contributed by atoms with E-state index in [2.05, 4.69) is 26.8 Å². The molecule has 0 aliphatic carbocycles. The largest absolute Gasteiger partial charge is 0.490 e. The van der Waals surface area contributed by atoms with Gasteiger partial charge in [0.2, 0.25) is 0 Å². The molecule has 29 heavy (non-hydrogen) atoms. The Hall–Kier alpha value is -2.22. The molecular weight excluding hydrogens is 398 g/mol. The fraction of sp³-hybridized carbons (Fsp3) is 0.381. The normalized spacial score (nSPS) is 15.9. The third kappa shape index (κ3) is 4.69. The number of H-pyrrole nitrogens is 1. The maximum Gasteiger partial charge on any atom is 0.165 e. The number of likely N-dealkylation sites (N-methyl/N-ethyl adjacent to an activating group) is 1. The number of hydrogen-bond donors (Lipinski definition) is 1. The summed E-state index contributed by atoms with van der Waals surface area (Å²) in [4.78, 5) is 12.1. The van der Waals surface area contributed by atoms with Crippen LogP contribution >= 0.6 is 11.6 Å². The Bertz CT molecular complexity index is 963. The van der Waals surface area contributed by atoms with E-state index in [-0.39, 0.29) is 10.8 Å². The molecule has 1 saturated heterocycles. The molecule has 0 unspecified atom stereocenters. The molecular formula is C21H23ClF2N4O. The fourth-order valence-corrected chi connectivity index (χ4v) is 3.61. The summed E-state index contributed by atoms with van der Waals surface area (Å²) in [7, 11) is 2.13. The van der Waals surface area contributed by atoms with Gasteiger partial charge in [-0.3, -0.25) is 0 Å². The molecule has 5 nitrogen and oxygen atoms in total. The first kappa shape index (κ1) is 20.1. The van der Waals surface area contributed by atoms with Crippen LogP contribution in [0.5, 0.6) is 5.75 Å². The number of hydrogen-bond acceptors (Lipinski definition) is 4. The quantitative estimate of drug-likeness (QED) is 0.608. The number of aromatic amines is 1. The minimum Gasteiger partial charge on any atom is -0.490 e. The predicted octanol–water partition coefficient (Wildman–Crippen LogP) is 4.18. The summed E-state index contributed by atoms with van der Waals surface area (Å²) in [6.07, 6.45) is 0.848. The molecule has 1 aromatic heterocycles. The van der Waals surface area contributed by atoms with Crippen molar-refractivity contribution in [3.63, 3.8) is 0 Å². The van der Waals surface area contributed by atoms with E-state index >= 15 is 0 Å². The Morgan fingerprint density at radius 3 is 2.66 bits per heavy atom. The first-order valence-corrected chi connectivity index (χ1v) is 10.1. The monoisotopic (exact) mass is 420 g/mol. The van der Waals surface area contributed by atoms with Gasteiger partial charge in [-0.15, -0.1) is 0 Å². The zero-order valence-electron chi connectivity index (χ0n) is 16.2. The molecule has 8 heteroatoms. The average molecular weight is 421 g/mol. The zero-order valence-corrected chi connectivity index (χ0v) is 17.0. The summed E-state index contributed by atoms with van der Waals surface area (Å²) in [5, 5.41) is 0.00190. The third-order valence-corrected chi connectivity index (χ3v) is 5.49. The lowest BCUT2D eigenvalue weighted by molar-refractivity contribution is 0.145. The minimum atomic E-state index is -0.527. The fourth-order valence-electron chi connectivity index (χ4n) is 3.45. The third-order valence-electron chi connectivity index (χ3n) is 5.20. The van der Waals surface area contributed by atoms with Crippen molar-refractivity contribution in [3.8, 4) is 17.1 Å². The molecule has 0 saturated carbocycles. The van der Waals surface area contributed by atoms with Crippen LogP contribution in [0.25, 0.3) is 22.4 Å². The summed E-state index contributed by atoms with van der Waals surface area (Å²) in [5.41, 5.74) is 1.59. The van der Waals surface area contributed by atoms with Crippen LogP contribution in [0.4, 0.5) is 8.78 Å². The molecule has 0 amide bonds. The Kier molecular flexibility index (Phi) is 5.99. The number of nitrogens with one attached hydrogen (secondary N) is 1. The number of benzene rings is 2. The van der Waals surface area contributed by atoms with Crippen molar-refractivity contribution in [1.29, 1.82) is 0 Å². The zero-order chi connectivity index (χ0) is 20.4. The van der Waals surface area contributed by atoms with E-state index in [1.807, 2.05) is 0 Å². The van der Waals surface area contributed by atoms with Crippen molar-refractivity contribution >= 4 is 22.6 Å². The number of imidazole rings is 1. The number of halogens is 3. The number of fused-ring (bicyclic) bond motifs is 1. The van der Waals surface area contributed by atoms with Crippen LogP contribution < -0.4 is 4.74 Å². The second-order valence-electron chi connectivity index (χ2n) is 7.36. The molecule has 1 aliphatic rings. The Balaban J connectivity index is 1.36. The van der Waals surface area contributed by atoms with Crippen molar-refractivity contribution in [1.82, 2.24) is 19.8 Å². The van der Waals surface area contributed by atoms with Gasteiger partial charge in [0.25, 0.3) is 0 Å². The van der Waals surface area contributed by atoms with Crippen LogP contribution in [0.3, 0.4) is 0 Å². The van der Waals surface area contributed by atoms with Crippen molar-refractivity contribution in [3.05, 3.63) is 47.0 Å². The van der Waals surface area contributed by atoms with E-state index in [4.69, 9.17) is 16.3 Å². The van der Waals surface area contributed by atoms with E-state index in [0.29, 0.717) is 29.0 Å². The minimum absolute atomic E-state index is 0.00190. The SMILES string of the molecule is CN1CCN(CCCOc2ccc(-c3nc4cc(Cl)c(F)cc4[nH]3)cc2F)CC1. The molecule has 2 heterocycles. The van der Waals surface area contributed by atoms with E-state index in [0.717, 1.165) is 39.1 Å². The van der Waals surface area contributed by atoms with Gasteiger partial charge in [0.15, 0.2) is 11.6 Å². The standard InChI is InChI=1S/C21H23ClF2N4O/c1-27-6-8-28(9-7-27)5-2-10-29-20-4-3-14(11-17(20)24)21-25-18-12-15(22)16(23)13-19(18)26-21/h3-4,11-13H,2,5-10H2,1H3,(H,25,26). The van der Waals surface area contributed by atoms with Gasteiger partial charge in [0, 0.05) is 44.4 Å². The molecule has 2 aromatic carbocycles. The molecule has 1 aliphatic heterocycles. The van der Waals surface area contributed by atoms with Crippen molar-refractivity contribution in [2.24, 2.45) is 0 Å². The second-order valence-corrected chi connectivity index (χ2v) is 7.77. The van der Waals surface area contributed by atoms with Crippen LogP contribution in [-0.4, -0.2) is 66.1 Å². The van der Waals surface area contributed by atoms with Crippen LogP contribution in [0.1, 0.15) is 6.42 Å². The number of aromatic nitrogens is 2. The van der Waals surface area contributed by atoms with E-state index < -0.39 is 11.6 Å². The average Bonchev–Trinajstić information content (AvgIpc) is 3.10. The lowest BCUT2D eigenvalue weighted by atomic mass is 10.2. The van der Waals surface area contributed by atoms with Crippen molar-refractivity contribution in [2.75, 3.05) is 46.4 Å². The molecule has 1 N–H and O–H groups in total. The number of piperazine rings is 1. The molecule has 4 rings (SSSR count). The molecule has 0 spiro atoms. The first-order chi connectivity index (χ1) is 14.0. The van der Waals surface area contributed by atoms with Crippen LogP contribution in [0.2, 0.25) is 5.02 Å². The summed E-state index contributed by atoms with van der Waals surface area (Å²) in [6.45, 7) is 5.70. The second kappa shape index (κ2) is 8.65. The van der Waals surface area contributed by atoms with Crippen LogP contribution in [0.15, 0.2) is 30.3 Å². The van der Waals surface area contributed by atoms with Crippen molar-refractivity contribution in [2.45, 2.75) is 6.42 Å². The summed E-state index contributed by atoms with van der Waals surface area (Å²) < 4.78 is 33.7. The van der Waals surface area contributed by atoms with Gasteiger partial charge >= 0.3 is 0 Å². The molecule has 154 valence electrons. The maximum atomic E-state index is 14.5. The van der Waals surface area contributed by atoms with Gasteiger partial charge in [-0.1, -0.05) is 11.6 Å². The summed E-state index contributed by atoms with van der Waals surface area (Å²) >= 11 is 5.79. The number of ether oxygens (including phenoxy) is 1. The Morgan fingerprint density at radius 2 is 1.90 bits per heavy atom. The first-order valence-electron chi connectivity index (χ1n) is 9.68. The smallest absolute Gasteiger partial charge is 0.165 e. The summed E-state index contributed by atoms with van der Waals surface area (Å²) in [6, 6.07) is 7.42. The van der Waals surface area contributed by atoms with Gasteiger partial charge in [0.05, 0.1) is 22.7 Å². The van der Waals surface area contributed by atoms with Gasteiger partial charge in [-0.2, -0.15) is 0 Å². The number of nitrogens with zero attached hydrogens (tertiary/aromatic N) is 3. The topological polar surface area (TPSA) is 44.4 Å². The molecule has 0 bridgehead atoms. The highest BCUT2D eigenvalue weighted by Gasteiger charge is 2.14. The predicted molar refractivity (Wildman–Crippen MR) is 111 cm³/mol. The Labute approximate surface area is 173 Å². The van der Waals surface area contributed by atoms with Crippen LogP contribution in [-0.2, 0) is 0 Å². The van der Waals surface area contributed by atoms with Gasteiger partial charge in [0.1, 0.15) is 11.6 Å². The van der Waals surface area contributed by atoms with E-state index in [1.54, 1.807) is 12.1 Å². The van der Waals surface area contributed by atoms with E-state index in [1.165, 1.54) is 18.2 Å². The van der Waals surface area contributed by atoms with Gasteiger partial charge in [-0.25, -0.2) is 13.8 Å².